The van der Waals surface area contributed by atoms with Crippen LogP contribution in [0, 0.1) is 0 Å². The van der Waals surface area contributed by atoms with Gasteiger partial charge in [-0.3, -0.25) is 9.69 Å². The van der Waals surface area contributed by atoms with Gasteiger partial charge in [-0.15, -0.1) is 11.6 Å². The van der Waals surface area contributed by atoms with Crippen LogP contribution in [-0.2, 0) is 4.79 Å². The van der Waals surface area contributed by atoms with Crippen LogP contribution < -0.4 is 5.32 Å². The van der Waals surface area contributed by atoms with E-state index in [9.17, 15) is 4.79 Å². The first kappa shape index (κ1) is 13.1. The third-order valence-electron chi connectivity index (χ3n) is 2.39. The van der Waals surface area contributed by atoms with E-state index >= 15 is 0 Å². The summed E-state index contributed by atoms with van der Waals surface area (Å²) in [6.45, 7) is 4.06. The van der Waals surface area contributed by atoms with Gasteiger partial charge in [-0.2, -0.15) is 11.8 Å². The molecule has 15 heavy (non-hydrogen) atoms. The summed E-state index contributed by atoms with van der Waals surface area (Å²) >= 11 is 7.52. The molecule has 1 N–H and O–H groups in total. The topological polar surface area (TPSA) is 32.3 Å². The van der Waals surface area contributed by atoms with Crippen molar-refractivity contribution >= 4 is 29.3 Å². The Morgan fingerprint density at radius 3 is 2.80 bits per heavy atom. The standard InChI is InChI=1S/C10H19ClN2OS/c11-3-1-2-10(14)12-4-5-13-6-8-15-9-7-13/h1-9H2,(H,12,14). The predicted octanol–water partition coefficient (Wildman–Crippen LogP) is 1.17. The smallest absolute Gasteiger partial charge is 0.220 e. The van der Waals surface area contributed by atoms with Crippen molar-refractivity contribution in [2.24, 2.45) is 0 Å². The van der Waals surface area contributed by atoms with Crippen molar-refractivity contribution in [3.63, 3.8) is 0 Å². The maximum Gasteiger partial charge on any atom is 0.220 e. The number of hydrogen-bond donors (Lipinski definition) is 1. The zero-order valence-electron chi connectivity index (χ0n) is 9.01. The summed E-state index contributed by atoms with van der Waals surface area (Å²) in [5.41, 5.74) is 0. The number of amides is 1. The van der Waals surface area contributed by atoms with Gasteiger partial charge in [-0.25, -0.2) is 0 Å². The van der Waals surface area contributed by atoms with E-state index < -0.39 is 0 Å². The van der Waals surface area contributed by atoms with Crippen LogP contribution >= 0.6 is 23.4 Å². The maximum absolute atomic E-state index is 11.3. The summed E-state index contributed by atoms with van der Waals surface area (Å²) < 4.78 is 0. The molecule has 0 aliphatic carbocycles. The minimum atomic E-state index is 0.127. The molecule has 0 aromatic rings. The number of carbonyl (C=O) groups is 1. The molecule has 1 saturated heterocycles. The highest BCUT2D eigenvalue weighted by Gasteiger charge is 2.09. The number of alkyl halides is 1. The van der Waals surface area contributed by atoms with Gasteiger partial charge in [-0.1, -0.05) is 0 Å². The van der Waals surface area contributed by atoms with E-state index in [0.717, 1.165) is 32.6 Å². The van der Waals surface area contributed by atoms with Gasteiger partial charge in [0.1, 0.15) is 0 Å². The molecule has 0 aromatic heterocycles. The number of thioether (sulfide) groups is 1. The summed E-state index contributed by atoms with van der Waals surface area (Å²) in [6.07, 6.45) is 1.33. The first-order valence-corrected chi connectivity index (χ1v) is 7.14. The van der Waals surface area contributed by atoms with Gasteiger partial charge < -0.3 is 5.32 Å². The van der Waals surface area contributed by atoms with Gasteiger partial charge in [0.05, 0.1) is 0 Å². The summed E-state index contributed by atoms with van der Waals surface area (Å²) in [4.78, 5) is 13.7. The van der Waals surface area contributed by atoms with Gasteiger partial charge in [-0.05, 0) is 6.42 Å². The van der Waals surface area contributed by atoms with Crippen LogP contribution in [0.25, 0.3) is 0 Å². The molecular weight excluding hydrogens is 232 g/mol. The fourth-order valence-corrected chi connectivity index (χ4v) is 2.61. The van der Waals surface area contributed by atoms with Crippen molar-refractivity contribution in [2.75, 3.05) is 43.6 Å². The maximum atomic E-state index is 11.3. The van der Waals surface area contributed by atoms with Crippen LogP contribution in [0.2, 0.25) is 0 Å². The minimum absolute atomic E-state index is 0.127. The predicted molar refractivity (Wildman–Crippen MR) is 66.7 cm³/mol. The zero-order chi connectivity index (χ0) is 10.9. The number of halogens is 1. The highest BCUT2D eigenvalue weighted by Crippen LogP contribution is 2.07. The van der Waals surface area contributed by atoms with E-state index in [1.54, 1.807) is 0 Å². The van der Waals surface area contributed by atoms with Crippen LogP contribution in [0.4, 0.5) is 0 Å². The lowest BCUT2D eigenvalue weighted by molar-refractivity contribution is -0.121. The van der Waals surface area contributed by atoms with Crippen LogP contribution in [0.1, 0.15) is 12.8 Å². The van der Waals surface area contributed by atoms with Crippen molar-refractivity contribution in [2.45, 2.75) is 12.8 Å². The molecule has 0 radical (unpaired) electrons. The third-order valence-corrected chi connectivity index (χ3v) is 3.60. The van der Waals surface area contributed by atoms with Crippen molar-refractivity contribution in [3.8, 4) is 0 Å². The second kappa shape index (κ2) is 8.25. The van der Waals surface area contributed by atoms with Crippen LogP contribution in [-0.4, -0.2) is 54.4 Å². The molecule has 1 amide bonds. The van der Waals surface area contributed by atoms with E-state index in [1.807, 2.05) is 11.8 Å². The zero-order valence-corrected chi connectivity index (χ0v) is 10.6. The van der Waals surface area contributed by atoms with Gasteiger partial charge >= 0.3 is 0 Å². The molecule has 5 heteroatoms. The minimum Gasteiger partial charge on any atom is -0.355 e. The third kappa shape index (κ3) is 6.28. The Morgan fingerprint density at radius 1 is 1.40 bits per heavy atom. The van der Waals surface area contributed by atoms with E-state index in [2.05, 4.69) is 10.2 Å². The van der Waals surface area contributed by atoms with E-state index in [0.29, 0.717) is 12.3 Å². The molecule has 0 atom stereocenters. The Morgan fingerprint density at radius 2 is 2.13 bits per heavy atom. The van der Waals surface area contributed by atoms with Gasteiger partial charge in [0.2, 0.25) is 5.91 Å². The molecule has 1 heterocycles. The Bertz CT molecular complexity index is 186. The summed E-state index contributed by atoms with van der Waals surface area (Å²) in [6, 6.07) is 0. The number of carbonyl (C=O) groups excluding carboxylic acids is 1. The Balaban J connectivity index is 1.97. The van der Waals surface area contributed by atoms with Gasteiger partial charge in [0.15, 0.2) is 0 Å². The number of nitrogens with one attached hydrogen (secondary N) is 1. The summed E-state index contributed by atoms with van der Waals surface area (Å²) in [5, 5.41) is 2.92. The van der Waals surface area contributed by atoms with E-state index in [4.69, 9.17) is 11.6 Å². The average Bonchev–Trinajstić information content (AvgIpc) is 2.28. The molecular formula is C10H19ClN2OS. The number of nitrogens with zero attached hydrogens (tertiary/aromatic N) is 1. The molecule has 88 valence electrons. The van der Waals surface area contributed by atoms with Crippen molar-refractivity contribution in [1.29, 1.82) is 0 Å². The highest BCUT2D eigenvalue weighted by atomic mass is 35.5. The number of hydrogen-bond acceptors (Lipinski definition) is 3. The summed E-state index contributed by atoms with van der Waals surface area (Å²) in [5.74, 6) is 3.14. The molecule has 0 bridgehead atoms. The fraction of sp³-hybridized carbons (Fsp3) is 0.900. The lowest BCUT2D eigenvalue weighted by Crippen LogP contribution is -2.39. The normalized spacial score (nSPS) is 17.7. The molecule has 1 aliphatic rings. The molecule has 0 aromatic carbocycles. The van der Waals surface area contributed by atoms with Crippen LogP contribution in [0.5, 0.6) is 0 Å². The monoisotopic (exact) mass is 250 g/mol. The molecule has 1 aliphatic heterocycles. The molecule has 0 unspecified atom stereocenters. The van der Waals surface area contributed by atoms with Crippen LogP contribution in [0.3, 0.4) is 0 Å². The lowest BCUT2D eigenvalue weighted by Gasteiger charge is -2.25. The first-order chi connectivity index (χ1) is 7.33. The second-order valence-corrected chi connectivity index (χ2v) is 5.20. The largest absolute Gasteiger partial charge is 0.355 e. The Labute approximate surface area is 101 Å². The SMILES string of the molecule is O=C(CCCCl)NCCN1CCSCC1. The van der Waals surface area contributed by atoms with Crippen LogP contribution in [0.15, 0.2) is 0 Å². The molecule has 0 spiro atoms. The lowest BCUT2D eigenvalue weighted by atomic mass is 10.3. The summed E-state index contributed by atoms with van der Waals surface area (Å²) in [7, 11) is 0. The molecule has 0 saturated carbocycles. The van der Waals surface area contributed by atoms with Crippen molar-refractivity contribution in [1.82, 2.24) is 10.2 Å². The van der Waals surface area contributed by atoms with Crippen molar-refractivity contribution < 1.29 is 4.79 Å². The average molecular weight is 251 g/mol. The van der Waals surface area contributed by atoms with Gasteiger partial charge in [0.25, 0.3) is 0 Å². The first-order valence-electron chi connectivity index (χ1n) is 5.45. The fourth-order valence-electron chi connectivity index (χ4n) is 1.49. The number of rotatable bonds is 6. The Kier molecular flexibility index (Phi) is 7.22. The van der Waals surface area contributed by atoms with Crippen molar-refractivity contribution in [3.05, 3.63) is 0 Å². The molecule has 1 rings (SSSR count). The second-order valence-electron chi connectivity index (χ2n) is 3.60. The molecule has 3 nitrogen and oxygen atoms in total. The quantitative estimate of drug-likeness (QED) is 0.719. The van der Waals surface area contributed by atoms with E-state index in [-0.39, 0.29) is 5.91 Å². The Hall–Kier alpha value is 0.0700. The highest BCUT2D eigenvalue weighted by molar-refractivity contribution is 7.99. The van der Waals surface area contributed by atoms with Gasteiger partial charge in [0, 0.05) is 50.0 Å². The molecule has 1 fully saturated rings. The van der Waals surface area contributed by atoms with E-state index in [1.165, 1.54) is 11.5 Å².